The van der Waals surface area contributed by atoms with E-state index in [9.17, 15) is 15.3 Å². The molecule has 0 spiro atoms. The molecule has 4 heteroatoms. The summed E-state index contributed by atoms with van der Waals surface area (Å²) in [5.41, 5.74) is 1.62. The summed E-state index contributed by atoms with van der Waals surface area (Å²) in [6.45, 7) is 0. The van der Waals surface area contributed by atoms with Gasteiger partial charge in [0.05, 0.1) is 0 Å². The van der Waals surface area contributed by atoms with Crippen LogP contribution in [0, 0.1) is 0 Å². The van der Waals surface area contributed by atoms with Gasteiger partial charge in [0.1, 0.15) is 17.2 Å². The van der Waals surface area contributed by atoms with Crippen LogP contribution in [0.15, 0.2) is 66.7 Å². The van der Waals surface area contributed by atoms with E-state index in [0.29, 0.717) is 11.5 Å². The summed E-state index contributed by atoms with van der Waals surface area (Å²) in [5, 5.41) is 28.8. The molecule has 3 rings (SSSR count). The molecule has 110 valence electrons. The normalized spacial score (nSPS) is 10.4. The van der Waals surface area contributed by atoms with Crippen LogP contribution in [-0.4, -0.2) is 15.3 Å². The van der Waals surface area contributed by atoms with E-state index in [1.165, 1.54) is 18.2 Å². The highest BCUT2D eigenvalue weighted by molar-refractivity contribution is 5.68. The van der Waals surface area contributed by atoms with Crippen molar-refractivity contribution in [1.29, 1.82) is 0 Å². The molecule has 0 radical (unpaired) electrons. The van der Waals surface area contributed by atoms with Gasteiger partial charge in [-0.2, -0.15) is 0 Å². The summed E-state index contributed by atoms with van der Waals surface area (Å²) in [6.07, 6.45) is 0. The Kier molecular flexibility index (Phi) is 3.58. The van der Waals surface area contributed by atoms with E-state index in [1.54, 1.807) is 42.5 Å². The van der Waals surface area contributed by atoms with Crippen molar-refractivity contribution < 1.29 is 20.1 Å². The van der Waals surface area contributed by atoms with Crippen LogP contribution in [0.4, 0.5) is 0 Å². The van der Waals surface area contributed by atoms with Gasteiger partial charge in [-0.05, 0) is 59.7 Å². The summed E-state index contributed by atoms with van der Waals surface area (Å²) < 4.78 is 5.63. The third-order valence-electron chi connectivity index (χ3n) is 3.20. The van der Waals surface area contributed by atoms with Crippen LogP contribution in [0.2, 0.25) is 0 Å². The Balaban J connectivity index is 1.94. The van der Waals surface area contributed by atoms with Gasteiger partial charge in [-0.3, -0.25) is 0 Å². The smallest absolute Gasteiger partial charge is 0.169 e. The number of phenolic OH excluding ortho intramolecular Hbond substituents is 3. The zero-order valence-electron chi connectivity index (χ0n) is 11.6. The van der Waals surface area contributed by atoms with Gasteiger partial charge < -0.3 is 20.1 Å². The Morgan fingerprint density at radius 1 is 0.636 bits per heavy atom. The monoisotopic (exact) mass is 294 g/mol. The summed E-state index contributed by atoms with van der Waals surface area (Å²) in [5.74, 6) is 1.13. The molecule has 0 aliphatic heterocycles. The third-order valence-corrected chi connectivity index (χ3v) is 3.20. The van der Waals surface area contributed by atoms with Crippen LogP contribution in [0.5, 0.6) is 28.7 Å². The van der Waals surface area contributed by atoms with Crippen molar-refractivity contribution >= 4 is 0 Å². The Morgan fingerprint density at radius 3 is 2.09 bits per heavy atom. The summed E-state index contributed by atoms with van der Waals surface area (Å²) >= 11 is 0. The number of phenols is 3. The predicted octanol–water partition coefficient (Wildman–Crippen LogP) is 4.26. The Labute approximate surface area is 127 Å². The fourth-order valence-corrected chi connectivity index (χ4v) is 2.10. The van der Waals surface area contributed by atoms with E-state index < -0.39 is 0 Å². The van der Waals surface area contributed by atoms with Crippen LogP contribution in [-0.2, 0) is 0 Å². The first kappa shape index (κ1) is 13.8. The van der Waals surface area contributed by atoms with Gasteiger partial charge in [0.25, 0.3) is 0 Å². The summed E-state index contributed by atoms with van der Waals surface area (Å²) in [7, 11) is 0. The molecule has 0 unspecified atom stereocenters. The van der Waals surface area contributed by atoms with Crippen LogP contribution < -0.4 is 4.74 Å². The zero-order valence-corrected chi connectivity index (χ0v) is 11.6. The average Bonchev–Trinajstić information content (AvgIpc) is 2.52. The van der Waals surface area contributed by atoms with Crippen molar-refractivity contribution in [2.24, 2.45) is 0 Å². The summed E-state index contributed by atoms with van der Waals surface area (Å²) in [4.78, 5) is 0. The minimum absolute atomic E-state index is 0.0111. The molecule has 0 heterocycles. The van der Waals surface area contributed by atoms with Crippen LogP contribution in [0.25, 0.3) is 11.1 Å². The van der Waals surface area contributed by atoms with Gasteiger partial charge in [-0.15, -0.1) is 0 Å². The van der Waals surface area contributed by atoms with Crippen LogP contribution in [0.1, 0.15) is 0 Å². The Morgan fingerprint density at radius 2 is 1.36 bits per heavy atom. The van der Waals surface area contributed by atoms with Crippen molar-refractivity contribution in [2.45, 2.75) is 0 Å². The predicted molar refractivity (Wildman–Crippen MR) is 83.4 cm³/mol. The fraction of sp³-hybridized carbons (Fsp3) is 0. The van der Waals surface area contributed by atoms with E-state index in [1.807, 2.05) is 6.07 Å². The number of hydrogen-bond donors (Lipinski definition) is 3. The molecule has 3 N–H and O–H groups in total. The molecule has 0 atom stereocenters. The fourth-order valence-electron chi connectivity index (χ4n) is 2.10. The first-order valence-electron chi connectivity index (χ1n) is 6.71. The number of aromatic hydroxyl groups is 3. The van der Waals surface area contributed by atoms with E-state index in [-0.39, 0.29) is 17.2 Å². The van der Waals surface area contributed by atoms with Gasteiger partial charge in [0, 0.05) is 0 Å². The minimum Gasteiger partial charge on any atom is -0.508 e. The standard InChI is InChI=1S/C18H14O4/c19-14-5-7-16(8-6-14)22-18-11-13(4-9-17(18)21)12-2-1-3-15(20)10-12/h1-11,19-21H. The SMILES string of the molecule is Oc1ccc(Oc2cc(-c3cccc(O)c3)ccc2O)cc1. The first-order chi connectivity index (χ1) is 10.6. The molecule has 0 saturated heterocycles. The Hall–Kier alpha value is -3.14. The lowest BCUT2D eigenvalue weighted by Gasteiger charge is -2.10. The maximum absolute atomic E-state index is 9.93. The topological polar surface area (TPSA) is 69.9 Å². The van der Waals surface area contributed by atoms with Crippen molar-refractivity contribution in [3.8, 4) is 39.9 Å². The van der Waals surface area contributed by atoms with E-state index in [0.717, 1.165) is 11.1 Å². The second-order valence-corrected chi connectivity index (χ2v) is 4.83. The maximum atomic E-state index is 9.93. The van der Waals surface area contributed by atoms with Crippen LogP contribution in [0.3, 0.4) is 0 Å². The molecular formula is C18H14O4. The zero-order chi connectivity index (χ0) is 15.5. The van der Waals surface area contributed by atoms with E-state index in [4.69, 9.17) is 4.74 Å². The molecule has 0 amide bonds. The summed E-state index contributed by atoms with van der Waals surface area (Å²) in [6, 6.07) is 18.0. The second kappa shape index (κ2) is 5.69. The van der Waals surface area contributed by atoms with Crippen molar-refractivity contribution in [3.63, 3.8) is 0 Å². The molecule has 3 aromatic rings. The van der Waals surface area contributed by atoms with Gasteiger partial charge in [0.15, 0.2) is 11.5 Å². The second-order valence-electron chi connectivity index (χ2n) is 4.83. The van der Waals surface area contributed by atoms with E-state index in [2.05, 4.69) is 0 Å². The number of ether oxygens (including phenoxy) is 1. The molecule has 3 aromatic carbocycles. The highest BCUT2D eigenvalue weighted by Gasteiger charge is 2.07. The average molecular weight is 294 g/mol. The molecule has 0 saturated carbocycles. The van der Waals surface area contributed by atoms with Crippen LogP contribution >= 0.6 is 0 Å². The highest BCUT2D eigenvalue weighted by Crippen LogP contribution is 2.35. The molecule has 0 bridgehead atoms. The maximum Gasteiger partial charge on any atom is 0.169 e. The molecule has 0 aliphatic rings. The van der Waals surface area contributed by atoms with Crippen molar-refractivity contribution in [2.75, 3.05) is 0 Å². The molecular weight excluding hydrogens is 280 g/mol. The molecule has 22 heavy (non-hydrogen) atoms. The van der Waals surface area contributed by atoms with Gasteiger partial charge in [0.2, 0.25) is 0 Å². The number of hydrogen-bond acceptors (Lipinski definition) is 4. The molecule has 0 aliphatic carbocycles. The number of benzene rings is 3. The lowest BCUT2D eigenvalue weighted by Crippen LogP contribution is -1.86. The van der Waals surface area contributed by atoms with Crippen molar-refractivity contribution in [1.82, 2.24) is 0 Å². The molecule has 0 fully saturated rings. The molecule has 4 nitrogen and oxygen atoms in total. The lowest BCUT2D eigenvalue weighted by molar-refractivity contribution is 0.410. The van der Waals surface area contributed by atoms with E-state index >= 15 is 0 Å². The van der Waals surface area contributed by atoms with Gasteiger partial charge >= 0.3 is 0 Å². The highest BCUT2D eigenvalue weighted by atomic mass is 16.5. The molecule has 0 aromatic heterocycles. The van der Waals surface area contributed by atoms with Gasteiger partial charge in [-0.25, -0.2) is 0 Å². The first-order valence-corrected chi connectivity index (χ1v) is 6.71. The Bertz CT molecular complexity index is 794. The largest absolute Gasteiger partial charge is 0.508 e. The lowest BCUT2D eigenvalue weighted by atomic mass is 10.0. The van der Waals surface area contributed by atoms with Crippen molar-refractivity contribution in [3.05, 3.63) is 66.7 Å². The minimum atomic E-state index is 0.0111. The quantitative estimate of drug-likeness (QED) is 0.675. The third kappa shape index (κ3) is 2.96. The van der Waals surface area contributed by atoms with Gasteiger partial charge in [-0.1, -0.05) is 18.2 Å². The number of rotatable bonds is 3.